The van der Waals surface area contributed by atoms with Crippen LogP contribution in [0.25, 0.3) is 0 Å². The van der Waals surface area contributed by atoms with Gasteiger partial charge in [-0.25, -0.2) is 0 Å². The molecule has 1 amide bonds. The molecule has 1 saturated heterocycles. The Hall–Kier alpha value is -2.73. The van der Waals surface area contributed by atoms with Gasteiger partial charge >= 0.3 is 0 Å². The standard InChI is InChI=1S/C42H66N4O6/c1-10-51-36-16-12-15-31(40(36)49)23-45(33(17-26(2)3)24-44(8)9)21-29-13-11-14-30(18-29)22-46-39(38(28(5)48)37(25-47)52-46)41(50)43-35-20-32-19-34(27(35)4)42(32,6)7/h11-16,18,26-28,32-35,37-39,47-49H,10,17,19-25H2,1-9H3,(H,43,50)/t27-,28+,32+,33+,34+,35+,37+,38-,39+/m1/s1. The molecule has 2 aromatic carbocycles. The lowest BCUT2D eigenvalue weighted by Gasteiger charge is -2.62. The molecule has 290 valence electrons. The van der Waals surface area contributed by atoms with E-state index < -0.39 is 24.2 Å². The third kappa shape index (κ3) is 8.96. The van der Waals surface area contributed by atoms with Gasteiger partial charge in [0.1, 0.15) is 12.1 Å². The first-order chi connectivity index (χ1) is 24.6. The predicted molar refractivity (Wildman–Crippen MR) is 204 cm³/mol. The highest BCUT2D eigenvalue weighted by Crippen LogP contribution is 2.61. The maximum absolute atomic E-state index is 14.2. The second-order valence-electron chi connectivity index (χ2n) is 17.2. The van der Waals surface area contributed by atoms with Crippen LogP contribution in [-0.4, -0.2) is 100 Å². The molecule has 3 aliphatic carbocycles. The van der Waals surface area contributed by atoms with E-state index in [1.165, 1.54) is 6.42 Å². The Labute approximate surface area is 312 Å². The number of hydrogen-bond donors (Lipinski definition) is 4. The first-order valence-electron chi connectivity index (χ1n) is 19.6. The summed E-state index contributed by atoms with van der Waals surface area (Å²) in [5, 5.41) is 37.4. The molecule has 4 N–H and O–H groups in total. The molecule has 10 nitrogen and oxygen atoms in total. The molecule has 52 heavy (non-hydrogen) atoms. The van der Waals surface area contributed by atoms with Crippen LogP contribution in [0.2, 0.25) is 0 Å². The van der Waals surface area contributed by atoms with Gasteiger partial charge in [0.15, 0.2) is 11.5 Å². The van der Waals surface area contributed by atoms with E-state index in [9.17, 15) is 20.1 Å². The number of phenols is 1. The number of amides is 1. The Morgan fingerprint density at radius 2 is 1.81 bits per heavy atom. The summed E-state index contributed by atoms with van der Waals surface area (Å²) in [6, 6.07) is 13.6. The van der Waals surface area contributed by atoms with Gasteiger partial charge in [-0.15, -0.1) is 0 Å². The highest BCUT2D eigenvalue weighted by atomic mass is 16.7. The van der Waals surface area contributed by atoms with Crippen molar-refractivity contribution in [2.75, 3.05) is 33.9 Å². The van der Waals surface area contributed by atoms with E-state index in [-0.39, 0.29) is 30.3 Å². The number of benzene rings is 2. The number of carbonyl (C=O) groups is 1. The van der Waals surface area contributed by atoms with Crippen molar-refractivity contribution in [3.8, 4) is 11.5 Å². The largest absolute Gasteiger partial charge is 0.504 e. The third-order valence-electron chi connectivity index (χ3n) is 12.4. The summed E-state index contributed by atoms with van der Waals surface area (Å²) in [5.41, 5.74) is 3.21. The summed E-state index contributed by atoms with van der Waals surface area (Å²) in [7, 11) is 4.20. The lowest BCUT2D eigenvalue weighted by molar-refractivity contribution is -0.183. The van der Waals surface area contributed by atoms with E-state index in [0.29, 0.717) is 61.1 Å². The minimum atomic E-state index is -0.846. The first kappa shape index (κ1) is 40.5. The van der Waals surface area contributed by atoms with E-state index >= 15 is 0 Å². The van der Waals surface area contributed by atoms with Crippen molar-refractivity contribution in [2.24, 2.45) is 35.0 Å². The van der Waals surface area contributed by atoms with Gasteiger partial charge in [0, 0.05) is 43.2 Å². The minimum Gasteiger partial charge on any atom is -0.504 e. The number of likely N-dealkylation sites (N-methyl/N-ethyl adjacent to an activating group) is 1. The number of rotatable bonds is 17. The quantitative estimate of drug-likeness (QED) is 0.170. The zero-order chi connectivity index (χ0) is 37.9. The fraction of sp³-hybridized carbons (Fsp3) is 0.690. The molecule has 1 aliphatic heterocycles. The summed E-state index contributed by atoms with van der Waals surface area (Å²) in [5.74, 6) is 2.00. The number of fused-ring (bicyclic) bond motifs is 2. The van der Waals surface area contributed by atoms with Crippen LogP contribution >= 0.6 is 0 Å². The molecule has 0 spiro atoms. The number of nitrogens with one attached hydrogen (secondary N) is 1. The molecule has 4 fully saturated rings. The van der Waals surface area contributed by atoms with Crippen LogP contribution in [-0.2, 0) is 29.3 Å². The highest BCUT2D eigenvalue weighted by molar-refractivity contribution is 5.82. The number of aromatic hydroxyl groups is 1. The van der Waals surface area contributed by atoms with Crippen LogP contribution in [0.5, 0.6) is 11.5 Å². The van der Waals surface area contributed by atoms with Gasteiger partial charge in [0.05, 0.1) is 25.9 Å². The second kappa shape index (κ2) is 17.2. The van der Waals surface area contributed by atoms with Crippen molar-refractivity contribution in [3.63, 3.8) is 0 Å². The van der Waals surface area contributed by atoms with Gasteiger partial charge in [-0.05, 0) is 93.5 Å². The Balaban J connectivity index is 1.38. The monoisotopic (exact) mass is 722 g/mol. The molecule has 0 radical (unpaired) electrons. The molecule has 1 heterocycles. The molecule has 0 aromatic heterocycles. The van der Waals surface area contributed by atoms with Crippen molar-refractivity contribution < 1.29 is 29.7 Å². The fourth-order valence-electron chi connectivity index (χ4n) is 9.53. The van der Waals surface area contributed by atoms with Gasteiger partial charge in [-0.2, -0.15) is 5.06 Å². The summed E-state index contributed by atoms with van der Waals surface area (Å²) in [6.07, 6.45) is 1.65. The summed E-state index contributed by atoms with van der Waals surface area (Å²) in [6.45, 7) is 17.6. The van der Waals surface area contributed by atoms with Crippen molar-refractivity contribution in [2.45, 2.75) is 118 Å². The average Bonchev–Trinajstić information content (AvgIpc) is 3.45. The van der Waals surface area contributed by atoms with Crippen LogP contribution in [0.3, 0.4) is 0 Å². The highest BCUT2D eigenvalue weighted by Gasteiger charge is 2.57. The molecule has 10 heteroatoms. The van der Waals surface area contributed by atoms with Gasteiger partial charge in [0.2, 0.25) is 5.91 Å². The number of hydroxylamine groups is 2. The zero-order valence-corrected chi connectivity index (χ0v) is 33.1. The predicted octanol–water partition coefficient (Wildman–Crippen LogP) is 5.43. The Morgan fingerprint density at radius 1 is 1.10 bits per heavy atom. The van der Waals surface area contributed by atoms with E-state index in [4.69, 9.17) is 9.57 Å². The first-order valence-corrected chi connectivity index (χ1v) is 19.6. The zero-order valence-electron chi connectivity index (χ0n) is 33.1. The number of phenolic OH excluding ortho intramolecular Hbond substituents is 1. The van der Waals surface area contributed by atoms with Crippen molar-refractivity contribution in [1.82, 2.24) is 20.2 Å². The maximum atomic E-state index is 14.2. The second-order valence-corrected chi connectivity index (χ2v) is 17.2. The van der Waals surface area contributed by atoms with E-state index in [2.05, 4.69) is 76.0 Å². The van der Waals surface area contributed by atoms with E-state index in [1.807, 2.05) is 31.2 Å². The van der Waals surface area contributed by atoms with E-state index in [0.717, 1.165) is 36.1 Å². The Bertz CT molecular complexity index is 1470. The number of carbonyl (C=O) groups excluding carboxylic acids is 1. The van der Waals surface area contributed by atoms with Crippen LogP contribution in [0.4, 0.5) is 0 Å². The molecular formula is C42H66N4O6. The van der Waals surface area contributed by atoms with Crippen LogP contribution in [0.1, 0.15) is 84.4 Å². The van der Waals surface area contributed by atoms with Crippen LogP contribution in [0, 0.1) is 35.0 Å². The van der Waals surface area contributed by atoms with Gasteiger partial charge < -0.3 is 30.3 Å². The third-order valence-corrected chi connectivity index (χ3v) is 12.4. The van der Waals surface area contributed by atoms with Gasteiger partial charge in [-0.3, -0.25) is 14.5 Å². The summed E-state index contributed by atoms with van der Waals surface area (Å²) in [4.78, 5) is 25.1. The molecule has 4 aliphatic rings. The minimum absolute atomic E-state index is 0.0814. The number of para-hydroxylation sites is 1. The number of hydrogen-bond acceptors (Lipinski definition) is 9. The SMILES string of the molecule is CCOc1cccc(CN(Cc2cccc(CN3O[C@@H](CO)[C@@H]([C@H](C)O)[C@H]3C(=O)N[C@H]3C[C@@H]4C[C@@H]([C@H]3C)C4(C)C)c2)[C@@H](CC(C)C)CN(C)C)c1O. The number of nitrogens with zero attached hydrogens (tertiary/aromatic N) is 3. The number of ether oxygens (including phenoxy) is 1. The molecular weight excluding hydrogens is 656 g/mol. The van der Waals surface area contributed by atoms with Gasteiger partial charge in [-0.1, -0.05) is 71.0 Å². The number of aliphatic hydroxyl groups excluding tert-OH is 2. The van der Waals surface area contributed by atoms with Crippen LogP contribution in [0.15, 0.2) is 42.5 Å². The van der Waals surface area contributed by atoms with Crippen molar-refractivity contribution >= 4 is 5.91 Å². The normalized spacial score (nSPS) is 28.2. The Morgan fingerprint density at radius 3 is 2.42 bits per heavy atom. The molecule has 2 aromatic rings. The topological polar surface area (TPSA) is 118 Å². The maximum Gasteiger partial charge on any atom is 0.240 e. The molecule has 6 rings (SSSR count). The molecule has 0 unspecified atom stereocenters. The smallest absolute Gasteiger partial charge is 0.240 e. The average molecular weight is 723 g/mol. The van der Waals surface area contributed by atoms with Gasteiger partial charge in [0.25, 0.3) is 0 Å². The fourth-order valence-corrected chi connectivity index (χ4v) is 9.53. The summed E-state index contributed by atoms with van der Waals surface area (Å²) >= 11 is 0. The van der Waals surface area contributed by atoms with Crippen molar-refractivity contribution in [1.29, 1.82) is 0 Å². The van der Waals surface area contributed by atoms with Crippen molar-refractivity contribution in [3.05, 3.63) is 59.2 Å². The lowest BCUT2D eigenvalue weighted by Crippen LogP contribution is -2.62. The Kier molecular flexibility index (Phi) is 13.4. The van der Waals surface area contributed by atoms with E-state index in [1.54, 1.807) is 18.1 Å². The molecule has 2 bridgehead atoms. The summed E-state index contributed by atoms with van der Waals surface area (Å²) < 4.78 is 5.72. The van der Waals surface area contributed by atoms with Crippen LogP contribution < -0.4 is 10.1 Å². The molecule has 3 saturated carbocycles. The number of aliphatic hydroxyl groups is 2. The lowest BCUT2D eigenvalue weighted by atomic mass is 9.45. The molecule has 9 atom stereocenters.